The summed E-state index contributed by atoms with van der Waals surface area (Å²) in [6.45, 7) is 1.87. The number of hydrogen-bond donors (Lipinski definition) is 2. The first kappa shape index (κ1) is 19.5. The Bertz CT molecular complexity index is 1280. The molecule has 4 aromatic rings. The zero-order valence-corrected chi connectivity index (χ0v) is 18.0. The lowest BCUT2D eigenvalue weighted by molar-refractivity contribution is -0.113. The van der Waals surface area contributed by atoms with E-state index in [4.69, 9.17) is 16.7 Å². The van der Waals surface area contributed by atoms with Crippen LogP contribution in [0, 0.1) is 0 Å². The van der Waals surface area contributed by atoms with Crippen molar-refractivity contribution in [2.24, 2.45) is 0 Å². The predicted octanol–water partition coefficient (Wildman–Crippen LogP) is 4.98. The lowest BCUT2D eigenvalue weighted by Crippen LogP contribution is -2.31. The SMILES string of the molecule is CC1=C(C(=O)Nc2cccnc2)[C@@H](c2cccs2)n2nc(-c3ccccc3Cl)nc2N1. The maximum absolute atomic E-state index is 13.3. The molecule has 0 bridgehead atoms. The summed E-state index contributed by atoms with van der Waals surface area (Å²) < 4.78 is 1.75. The van der Waals surface area contributed by atoms with Crippen LogP contribution in [0.2, 0.25) is 5.02 Å². The van der Waals surface area contributed by atoms with Crippen LogP contribution >= 0.6 is 22.9 Å². The van der Waals surface area contributed by atoms with Crippen LogP contribution in [0.25, 0.3) is 11.4 Å². The number of benzene rings is 1. The van der Waals surface area contributed by atoms with Crippen LogP contribution in [-0.2, 0) is 4.79 Å². The molecule has 5 rings (SSSR count). The fraction of sp³-hybridized carbons (Fsp3) is 0.0909. The number of anilines is 2. The number of nitrogens with one attached hydrogen (secondary N) is 2. The third-order valence-corrected chi connectivity index (χ3v) is 6.20. The molecule has 0 unspecified atom stereocenters. The predicted molar refractivity (Wildman–Crippen MR) is 122 cm³/mol. The zero-order valence-electron chi connectivity index (χ0n) is 16.4. The standard InChI is InChI=1S/C22H17ClN6OS/c1-13-18(21(30)26-14-6-4-10-24-12-14)19(17-9-5-11-31-17)29-22(25-13)27-20(28-29)15-7-2-3-8-16(15)23/h2-12,19H,1H3,(H,26,30)(H,25,27,28)/t19-/m1/s1. The van der Waals surface area contributed by atoms with Gasteiger partial charge >= 0.3 is 0 Å². The third-order valence-electron chi connectivity index (χ3n) is 4.94. The van der Waals surface area contributed by atoms with Gasteiger partial charge in [0, 0.05) is 22.3 Å². The Morgan fingerprint density at radius 1 is 1.19 bits per heavy atom. The monoisotopic (exact) mass is 448 g/mol. The zero-order chi connectivity index (χ0) is 21.4. The molecule has 0 saturated carbocycles. The van der Waals surface area contributed by atoms with Crippen LogP contribution in [0.4, 0.5) is 11.6 Å². The van der Waals surface area contributed by atoms with E-state index >= 15 is 0 Å². The van der Waals surface area contributed by atoms with Gasteiger partial charge in [-0.15, -0.1) is 16.4 Å². The van der Waals surface area contributed by atoms with Crippen LogP contribution in [-0.4, -0.2) is 25.7 Å². The number of aromatic nitrogens is 4. The molecule has 0 fully saturated rings. The highest BCUT2D eigenvalue weighted by Crippen LogP contribution is 2.39. The molecule has 0 aliphatic carbocycles. The van der Waals surface area contributed by atoms with Gasteiger partial charge < -0.3 is 10.6 Å². The molecule has 1 amide bonds. The van der Waals surface area contributed by atoms with Crippen molar-refractivity contribution in [3.8, 4) is 11.4 Å². The first-order valence-corrected chi connectivity index (χ1v) is 10.8. The van der Waals surface area contributed by atoms with Gasteiger partial charge in [0.1, 0.15) is 6.04 Å². The number of fused-ring (bicyclic) bond motifs is 1. The van der Waals surface area contributed by atoms with Crippen molar-refractivity contribution >= 4 is 40.5 Å². The first-order valence-electron chi connectivity index (χ1n) is 9.56. The molecule has 1 aliphatic heterocycles. The highest BCUT2D eigenvalue weighted by atomic mass is 35.5. The Balaban J connectivity index is 1.59. The number of halogens is 1. The molecule has 7 nitrogen and oxygen atoms in total. The van der Waals surface area contributed by atoms with Crippen LogP contribution in [0.3, 0.4) is 0 Å². The number of carbonyl (C=O) groups excluding carboxylic acids is 1. The Labute approximate surface area is 187 Å². The molecular formula is C22H17ClN6OS. The van der Waals surface area contributed by atoms with Crippen molar-refractivity contribution in [3.63, 3.8) is 0 Å². The number of thiophene rings is 1. The molecule has 9 heteroatoms. The second-order valence-corrected chi connectivity index (χ2v) is 8.35. The van der Waals surface area contributed by atoms with Crippen LogP contribution in [0.15, 0.2) is 77.6 Å². The van der Waals surface area contributed by atoms with E-state index in [2.05, 4.69) is 20.6 Å². The van der Waals surface area contributed by atoms with E-state index in [1.165, 1.54) is 0 Å². The normalized spacial score (nSPS) is 15.4. The Kier molecular flexibility index (Phi) is 5.01. The van der Waals surface area contributed by atoms with Crippen LogP contribution in [0.5, 0.6) is 0 Å². The topological polar surface area (TPSA) is 84.7 Å². The number of hydrogen-bond acceptors (Lipinski definition) is 6. The summed E-state index contributed by atoms with van der Waals surface area (Å²) in [7, 11) is 0. The quantitative estimate of drug-likeness (QED) is 0.459. The van der Waals surface area contributed by atoms with Crippen molar-refractivity contribution in [3.05, 3.63) is 87.5 Å². The van der Waals surface area contributed by atoms with Crippen molar-refractivity contribution in [2.45, 2.75) is 13.0 Å². The Hall–Kier alpha value is -3.49. The smallest absolute Gasteiger partial charge is 0.255 e. The third kappa shape index (κ3) is 3.60. The van der Waals surface area contributed by atoms with Crippen molar-refractivity contribution in [1.29, 1.82) is 0 Å². The van der Waals surface area contributed by atoms with Gasteiger partial charge in [-0.05, 0) is 42.6 Å². The number of allylic oxidation sites excluding steroid dienone is 1. The minimum atomic E-state index is -0.420. The molecule has 1 aliphatic rings. The van der Waals surface area contributed by atoms with Crippen LogP contribution in [0.1, 0.15) is 17.8 Å². The molecular weight excluding hydrogens is 432 g/mol. The van der Waals surface area contributed by atoms with Crippen molar-refractivity contribution in [1.82, 2.24) is 19.7 Å². The number of nitrogens with zero attached hydrogens (tertiary/aromatic N) is 4. The van der Waals surface area contributed by atoms with Gasteiger partial charge in [0.2, 0.25) is 5.95 Å². The molecule has 3 aromatic heterocycles. The van der Waals surface area contributed by atoms with Gasteiger partial charge in [-0.1, -0.05) is 29.8 Å². The summed E-state index contributed by atoms with van der Waals surface area (Å²) in [6.07, 6.45) is 3.27. The first-order chi connectivity index (χ1) is 15.1. The molecule has 1 atom stereocenters. The van der Waals surface area contributed by atoms with Crippen molar-refractivity contribution < 1.29 is 4.79 Å². The second-order valence-electron chi connectivity index (χ2n) is 6.96. The fourth-order valence-electron chi connectivity index (χ4n) is 3.55. The van der Waals surface area contributed by atoms with Gasteiger partial charge in [0.05, 0.1) is 22.5 Å². The van der Waals surface area contributed by atoms with E-state index in [1.807, 2.05) is 42.6 Å². The van der Waals surface area contributed by atoms with Gasteiger partial charge in [0.25, 0.3) is 5.91 Å². The maximum atomic E-state index is 13.3. The van der Waals surface area contributed by atoms with Gasteiger partial charge in [-0.25, -0.2) is 4.68 Å². The minimum Gasteiger partial charge on any atom is -0.328 e. The number of carbonyl (C=O) groups is 1. The fourth-order valence-corrected chi connectivity index (χ4v) is 4.59. The molecule has 0 saturated heterocycles. The van der Waals surface area contributed by atoms with E-state index in [0.717, 1.165) is 10.4 Å². The van der Waals surface area contributed by atoms with E-state index < -0.39 is 6.04 Å². The largest absolute Gasteiger partial charge is 0.328 e. The highest BCUT2D eigenvalue weighted by molar-refractivity contribution is 7.10. The minimum absolute atomic E-state index is 0.225. The molecule has 31 heavy (non-hydrogen) atoms. The van der Waals surface area contributed by atoms with E-state index in [-0.39, 0.29) is 5.91 Å². The summed E-state index contributed by atoms with van der Waals surface area (Å²) in [5, 5.41) is 13.4. The van der Waals surface area contributed by atoms with Gasteiger partial charge in [0.15, 0.2) is 5.82 Å². The summed E-state index contributed by atoms with van der Waals surface area (Å²) in [4.78, 5) is 23.0. The summed E-state index contributed by atoms with van der Waals surface area (Å²) >= 11 is 7.93. The van der Waals surface area contributed by atoms with E-state index in [1.54, 1.807) is 46.6 Å². The lowest BCUT2D eigenvalue weighted by atomic mass is 10.0. The van der Waals surface area contributed by atoms with Gasteiger partial charge in [-0.2, -0.15) is 4.98 Å². The number of pyridine rings is 1. The van der Waals surface area contributed by atoms with Crippen molar-refractivity contribution in [2.75, 3.05) is 10.6 Å². The second kappa shape index (κ2) is 7.98. The molecule has 154 valence electrons. The van der Waals surface area contributed by atoms with E-state index in [0.29, 0.717) is 33.8 Å². The Morgan fingerprint density at radius 3 is 2.81 bits per heavy atom. The molecule has 0 radical (unpaired) electrons. The average Bonchev–Trinajstić information content (AvgIpc) is 3.43. The molecule has 0 spiro atoms. The van der Waals surface area contributed by atoms with Crippen LogP contribution < -0.4 is 10.6 Å². The average molecular weight is 449 g/mol. The number of amides is 1. The van der Waals surface area contributed by atoms with E-state index in [9.17, 15) is 4.79 Å². The highest BCUT2D eigenvalue weighted by Gasteiger charge is 2.35. The molecule has 1 aromatic carbocycles. The summed E-state index contributed by atoms with van der Waals surface area (Å²) in [5.74, 6) is 0.831. The lowest BCUT2D eigenvalue weighted by Gasteiger charge is -2.27. The summed E-state index contributed by atoms with van der Waals surface area (Å²) in [6, 6.07) is 14.5. The summed E-state index contributed by atoms with van der Waals surface area (Å²) in [5.41, 5.74) is 2.63. The molecule has 2 N–H and O–H groups in total. The maximum Gasteiger partial charge on any atom is 0.255 e. The van der Waals surface area contributed by atoms with Gasteiger partial charge in [-0.3, -0.25) is 9.78 Å². The number of rotatable bonds is 4. The molecule has 4 heterocycles. The Morgan fingerprint density at radius 2 is 2.06 bits per heavy atom.